The zero-order valence-electron chi connectivity index (χ0n) is 18.7. The smallest absolute Gasteiger partial charge is 0.251 e. The third-order valence-electron chi connectivity index (χ3n) is 4.99. The number of hydrogen-bond acceptors (Lipinski definition) is 5. The van der Waals surface area contributed by atoms with Crippen molar-refractivity contribution in [3.63, 3.8) is 0 Å². The lowest BCUT2D eigenvalue weighted by Crippen LogP contribution is -2.33. The van der Waals surface area contributed by atoms with Gasteiger partial charge >= 0.3 is 0 Å². The Morgan fingerprint density at radius 2 is 1.85 bits per heavy atom. The van der Waals surface area contributed by atoms with Crippen LogP contribution < -0.4 is 10.6 Å². The van der Waals surface area contributed by atoms with Gasteiger partial charge in [0.15, 0.2) is 11.0 Å². The summed E-state index contributed by atoms with van der Waals surface area (Å²) in [5.74, 6) is -0.224. The molecule has 0 saturated carbocycles. The van der Waals surface area contributed by atoms with Gasteiger partial charge in [0.25, 0.3) is 5.91 Å². The second-order valence-electron chi connectivity index (χ2n) is 7.90. The lowest BCUT2D eigenvalue weighted by atomic mass is 10.0. The molecule has 0 aliphatic rings. The predicted octanol–water partition coefficient (Wildman–Crippen LogP) is 4.77. The van der Waals surface area contributed by atoms with Gasteiger partial charge in [-0.1, -0.05) is 43.3 Å². The molecule has 3 aromatic rings. The van der Waals surface area contributed by atoms with E-state index < -0.39 is 11.9 Å². The Hall–Kier alpha value is -2.91. The Morgan fingerprint density at radius 3 is 2.48 bits per heavy atom. The Kier molecular flexibility index (Phi) is 8.10. The number of carbonyl (C=O) groups excluding carboxylic acids is 2. The molecule has 3 rings (SSSR count). The quantitative estimate of drug-likeness (QED) is 0.445. The number of anilines is 1. The number of rotatable bonds is 8. The maximum absolute atomic E-state index is 13.2. The van der Waals surface area contributed by atoms with E-state index in [2.05, 4.69) is 20.8 Å². The number of hydrogen-bond donors (Lipinski definition) is 2. The van der Waals surface area contributed by atoms with Crippen LogP contribution in [0.5, 0.6) is 0 Å². The molecule has 0 saturated heterocycles. The molecule has 1 heterocycles. The minimum Gasteiger partial charge on any atom is -0.342 e. The molecule has 0 radical (unpaired) electrons. The summed E-state index contributed by atoms with van der Waals surface area (Å²) in [6, 6.07) is 10.3. The minimum atomic E-state index is -0.419. The molecule has 10 heteroatoms. The van der Waals surface area contributed by atoms with E-state index in [9.17, 15) is 14.0 Å². The lowest BCUT2D eigenvalue weighted by Gasteiger charge is -2.21. The molecule has 174 valence electrons. The van der Waals surface area contributed by atoms with Gasteiger partial charge in [-0.2, -0.15) is 0 Å². The first-order valence-corrected chi connectivity index (χ1v) is 11.7. The van der Waals surface area contributed by atoms with Crippen molar-refractivity contribution in [2.75, 3.05) is 11.1 Å². The fourth-order valence-corrected chi connectivity index (χ4v) is 3.97. The van der Waals surface area contributed by atoms with E-state index in [1.54, 1.807) is 23.7 Å². The average Bonchev–Trinajstić information content (AvgIpc) is 3.13. The lowest BCUT2D eigenvalue weighted by molar-refractivity contribution is -0.113. The van der Waals surface area contributed by atoms with Crippen molar-refractivity contribution < 1.29 is 14.0 Å². The minimum absolute atomic E-state index is 0.0183. The van der Waals surface area contributed by atoms with E-state index in [0.29, 0.717) is 27.3 Å². The number of aryl methyl sites for hydroxylation is 1. The molecule has 0 aliphatic heterocycles. The summed E-state index contributed by atoms with van der Waals surface area (Å²) in [5.41, 5.74) is 1.91. The molecule has 7 nitrogen and oxygen atoms in total. The summed E-state index contributed by atoms with van der Waals surface area (Å²) in [5, 5.41) is 15.3. The van der Waals surface area contributed by atoms with Crippen molar-refractivity contribution in [1.82, 2.24) is 20.1 Å². The van der Waals surface area contributed by atoms with Gasteiger partial charge in [-0.3, -0.25) is 9.59 Å². The summed E-state index contributed by atoms with van der Waals surface area (Å²) in [4.78, 5) is 25.0. The molecule has 33 heavy (non-hydrogen) atoms. The fraction of sp³-hybridized carbons (Fsp3) is 0.304. The number of amides is 2. The van der Waals surface area contributed by atoms with Crippen LogP contribution in [0, 0.1) is 18.7 Å². The maximum Gasteiger partial charge on any atom is 0.251 e. The number of aromatic nitrogens is 3. The van der Waals surface area contributed by atoms with Crippen LogP contribution in [0.4, 0.5) is 10.1 Å². The van der Waals surface area contributed by atoms with Crippen molar-refractivity contribution in [3.8, 4) is 0 Å². The van der Waals surface area contributed by atoms with Crippen molar-refractivity contribution in [2.45, 2.75) is 32.0 Å². The number of nitrogens with zero attached hydrogens (tertiary/aromatic N) is 3. The van der Waals surface area contributed by atoms with Crippen LogP contribution >= 0.6 is 23.4 Å². The third-order valence-corrected chi connectivity index (χ3v) is 6.42. The number of carbonyl (C=O) groups is 2. The summed E-state index contributed by atoms with van der Waals surface area (Å²) in [6.45, 7) is 5.80. The van der Waals surface area contributed by atoms with E-state index in [0.717, 1.165) is 5.56 Å². The van der Waals surface area contributed by atoms with Crippen molar-refractivity contribution >= 4 is 40.9 Å². The molecule has 1 aromatic heterocycles. The summed E-state index contributed by atoms with van der Waals surface area (Å²) < 4.78 is 14.9. The van der Waals surface area contributed by atoms with Gasteiger partial charge in [-0.25, -0.2) is 4.39 Å². The number of nitrogens with one attached hydrogen (secondary N) is 2. The number of halogens is 2. The van der Waals surface area contributed by atoms with Crippen LogP contribution in [0.2, 0.25) is 5.02 Å². The second-order valence-corrected chi connectivity index (χ2v) is 9.25. The fourth-order valence-electron chi connectivity index (χ4n) is 3.08. The molecule has 1 atom stereocenters. The first-order chi connectivity index (χ1) is 15.7. The topological polar surface area (TPSA) is 88.9 Å². The first-order valence-electron chi connectivity index (χ1n) is 10.3. The Bertz CT molecular complexity index is 1150. The van der Waals surface area contributed by atoms with Crippen LogP contribution in [0.1, 0.15) is 41.6 Å². The predicted molar refractivity (Wildman–Crippen MR) is 128 cm³/mol. The van der Waals surface area contributed by atoms with Crippen molar-refractivity contribution in [3.05, 3.63) is 70.3 Å². The zero-order chi connectivity index (χ0) is 24.1. The van der Waals surface area contributed by atoms with Crippen LogP contribution in [-0.2, 0) is 11.8 Å². The average molecular weight is 490 g/mol. The molecular formula is C23H25ClFN5O2S. The van der Waals surface area contributed by atoms with E-state index in [4.69, 9.17) is 11.6 Å². The van der Waals surface area contributed by atoms with Gasteiger partial charge in [-0.05, 0) is 54.8 Å². The summed E-state index contributed by atoms with van der Waals surface area (Å²) >= 11 is 7.34. The molecule has 0 spiro atoms. The van der Waals surface area contributed by atoms with E-state index >= 15 is 0 Å². The molecular weight excluding hydrogens is 465 g/mol. The maximum atomic E-state index is 13.2. The third kappa shape index (κ3) is 6.33. The Labute approximate surface area is 201 Å². The monoisotopic (exact) mass is 489 g/mol. The highest BCUT2D eigenvalue weighted by Crippen LogP contribution is 2.25. The Morgan fingerprint density at radius 1 is 1.15 bits per heavy atom. The number of thioether (sulfide) groups is 1. The van der Waals surface area contributed by atoms with Crippen LogP contribution in [0.15, 0.2) is 47.6 Å². The Balaban J connectivity index is 1.65. The van der Waals surface area contributed by atoms with Gasteiger partial charge < -0.3 is 15.2 Å². The molecule has 2 N–H and O–H groups in total. The first kappa shape index (κ1) is 24.7. The molecule has 0 aliphatic carbocycles. The largest absolute Gasteiger partial charge is 0.342 e. The SMILES string of the molecule is Cc1ccc(NC(=O)CSc2nnc([C@@H](NC(=O)c3ccc(F)cc3)C(C)C)n2C)cc1Cl. The highest BCUT2D eigenvalue weighted by molar-refractivity contribution is 7.99. The molecule has 2 aromatic carbocycles. The van der Waals surface area contributed by atoms with Gasteiger partial charge in [0.05, 0.1) is 11.8 Å². The van der Waals surface area contributed by atoms with Gasteiger partial charge in [-0.15, -0.1) is 10.2 Å². The van der Waals surface area contributed by atoms with E-state index in [1.807, 2.05) is 26.8 Å². The zero-order valence-corrected chi connectivity index (χ0v) is 20.3. The van der Waals surface area contributed by atoms with Crippen LogP contribution in [0.25, 0.3) is 0 Å². The second kappa shape index (κ2) is 10.8. The van der Waals surface area contributed by atoms with Crippen molar-refractivity contribution in [2.24, 2.45) is 13.0 Å². The number of benzene rings is 2. The molecule has 2 amide bonds. The normalized spacial score (nSPS) is 12.0. The van der Waals surface area contributed by atoms with E-state index in [-0.39, 0.29) is 23.5 Å². The summed E-state index contributed by atoms with van der Waals surface area (Å²) in [7, 11) is 1.79. The van der Waals surface area contributed by atoms with E-state index in [1.165, 1.54) is 36.0 Å². The molecule has 0 fully saturated rings. The standard InChI is InChI=1S/C23H25ClFN5O2S/c1-13(2)20(27-22(32)15-6-8-16(25)9-7-15)21-28-29-23(30(21)4)33-12-19(31)26-17-10-5-14(3)18(24)11-17/h5-11,13,20H,12H2,1-4H3,(H,26,31)(H,27,32)/t20-/m0/s1. The molecule has 0 bridgehead atoms. The highest BCUT2D eigenvalue weighted by Gasteiger charge is 2.25. The van der Waals surface area contributed by atoms with Crippen LogP contribution in [-0.4, -0.2) is 32.3 Å². The van der Waals surface area contributed by atoms with Crippen molar-refractivity contribution in [1.29, 1.82) is 0 Å². The van der Waals surface area contributed by atoms with Gasteiger partial charge in [0.1, 0.15) is 5.82 Å². The van der Waals surface area contributed by atoms with Gasteiger partial charge in [0, 0.05) is 23.3 Å². The summed E-state index contributed by atoms with van der Waals surface area (Å²) in [6.07, 6.45) is 0. The van der Waals surface area contributed by atoms with Crippen LogP contribution in [0.3, 0.4) is 0 Å². The van der Waals surface area contributed by atoms with Gasteiger partial charge in [0.2, 0.25) is 5.91 Å². The molecule has 0 unspecified atom stereocenters. The highest BCUT2D eigenvalue weighted by atomic mass is 35.5.